The highest BCUT2D eigenvalue weighted by molar-refractivity contribution is 7.10. The minimum atomic E-state index is -0.435. The van der Waals surface area contributed by atoms with Crippen LogP contribution in [0.5, 0.6) is 5.75 Å². The molecule has 8 heteroatoms. The van der Waals surface area contributed by atoms with Gasteiger partial charge in [-0.1, -0.05) is 26.0 Å². The Balaban J connectivity index is 1.77. The van der Waals surface area contributed by atoms with Gasteiger partial charge in [0.15, 0.2) is 11.6 Å². The lowest BCUT2D eigenvalue weighted by Crippen LogP contribution is -2.49. The van der Waals surface area contributed by atoms with E-state index in [-0.39, 0.29) is 42.7 Å². The molecule has 0 aliphatic carbocycles. The summed E-state index contributed by atoms with van der Waals surface area (Å²) < 4.78 is 24.9. The molecule has 0 N–H and O–H groups in total. The first-order chi connectivity index (χ1) is 14.9. The molecule has 6 nitrogen and oxygen atoms in total. The Morgan fingerprint density at radius 3 is 2.77 bits per heavy atom. The third-order valence-electron chi connectivity index (χ3n) is 5.35. The molecule has 31 heavy (non-hydrogen) atoms. The van der Waals surface area contributed by atoms with Gasteiger partial charge in [-0.05, 0) is 35.6 Å². The van der Waals surface area contributed by atoms with Gasteiger partial charge >= 0.3 is 0 Å². The maximum atomic E-state index is 14.0. The summed E-state index contributed by atoms with van der Waals surface area (Å²) in [4.78, 5) is 30.4. The van der Waals surface area contributed by atoms with Gasteiger partial charge in [-0.2, -0.15) is 0 Å². The molecule has 1 aromatic heterocycles. The van der Waals surface area contributed by atoms with E-state index in [1.165, 1.54) is 10.9 Å². The smallest absolute Gasteiger partial charge is 0.242 e. The molecule has 1 unspecified atom stereocenters. The molecule has 168 valence electrons. The van der Waals surface area contributed by atoms with Gasteiger partial charge in [-0.3, -0.25) is 9.59 Å². The number of para-hydroxylation sites is 1. The van der Waals surface area contributed by atoms with Gasteiger partial charge in [0, 0.05) is 31.0 Å². The number of benzene rings is 1. The van der Waals surface area contributed by atoms with E-state index in [4.69, 9.17) is 9.47 Å². The lowest BCUT2D eigenvalue weighted by Gasteiger charge is -2.37. The zero-order chi connectivity index (χ0) is 22.4. The molecule has 0 fully saturated rings. The predicted molar refractivity (Wildman–Crippen MR) is 118 cm³/mol. The summed E-state index contributed by atoms with van der Waals surface area (Å²) in [6.07, 6.45) is 0.755. The van der Waals surface area contributed by atoms with Crippen molar-refractivity contribution in [1.29, 1.82) is 0 Å². The fourth-order valence-corrected chi connectivity index (χ4v) is 4.62. The predicted octanol–water partition coefficient (Wildman–Crippen LogP) is 3.52. The Bertz CT molecular complexity index is 901. The van der Waals surface area contributed by atoms with E-state index in [9.17, 15) is 14.0 Å². The molecule has 3 rings (SSSR count). The lowest BCUT2D eigenvalue weighted by atomic mass is 10.0. The third-order valence-corrected chi connectivity index (χ3v) is 6.34. The summed E-state index contributed by atoms with van der Waals surface area (Å²) in [5.41, 5.74) is 1.03. The number of hydrogen-bond donors (Lipinski definition) is 0. The maximum Gasteiger partial charge on any atom is 0.242 e. The number of hydrogen-bond acceptors (Lipinski definition) is 5. The summed E-state index contributed by atoms with van der Waals surface area (Å²) in [6, 6.07) is 7.91. The first kappa shape index (κ1) is 23.2. The van der Waals surface area contributed by atoms with Crippen LogP contribution in [0, 0.1) is 11.7 Å². The number of nitrogens with zero attached hydrogens (tertiary/aromatic N) is 2. The second kappa shape index (κ2) is 10.7. The van der Waals surface area contributed by atoms with E-state index >= 15 is 0 Å². The van der Waals surface area contributed by atoms with Crippen LogP contribution in [0.4, 0.5) is 4.39 Å². The zero-order valence-electron chi connectivity index (χ0n) is 18.2. The Morgan fingerprint density at radius 1 is 1.29 bits per heavy atom. The molecular weight excluding hydrogens is 419 g/mol. The van der Waals surface area contributed by atoms with Gasteiger partial charge in [-0.15, -0.1) is 11.3 Å². The van der Waals surface area contributed by atoms with Crippen molar-refractivity contribution in [1.82, 2.24) is 9.80 Å². The van der Waals surface area contributed by atoms with Gasteiger partial charge in [-0.25, -0.2) is 4.39 Å². The van der Waals surface area contributed by atoms with Crippen molar-refractivity contribution in [3.63, 3.8) is 0 Å². The van der Waals surface area contributed by atoms with E-state index in [2.05, 4.69) is 0 Å². The van der Waals surface area contributed by atoms with Gasteiger partial charge in [0.25, 0.3) is 0 Å². The summed E-state index contributed by atoms with van der Waals surface area (Å²) in [5.74, 6) is -0.722. The second-order valence-corrected chi connectivity index (χ2v) is 8.80. The van der Waals surface area contributed by atoms with Crippen molar-refractivity contribution in [2.75, 3.05) is 40.0 Å². The van der Waals surface area contributed by atoms with Crippen LogP contribution in [0.2, 0.25) is 0 Å². The number of halogens is 1. The summed E-state index contributed by atoms with van der Waals surface area (Å²) in [5, 5.41) is 2.00. The monoisotopic (exact) mass is 448 g/mol. The third kappa shape index (κ3) is 5.62. The van der Waals surface area contributed by atoms with Gasteiger partial charge in [0.1, 0.15) is 6.61 Å². The van der Waals surface area contributed by atoms with Crippen LogP contribution in [-0.2, 0) is 20.7 Å². The number of carbonyl (C=O) groups excluding carboxylic acids is 2. The molecular formula is C23H29FN2O4S. The van der Waals surface area contributed by atoms with Crippen molar-refractivity contribution >= 4 is 23.2 Å². The van der Waals surface area contributed by atoms with Crippen LogP contribution in [0.3, 0.4) is 0 Å². The molecule has 0 bridgehead atoms. The number of amides is 2. The van der Waals surface area contributed by atoms with Crippen LogP contribution in [0.25, 0.3) is 0 Å². The van der Waals surface area contributed by atoms with Crippen LogP contribution >= 0.6 is 11.3 Å². The quantitative estimate of drug-likeness (QED) is 0.589. The number of fused-ring (bicyclic) bond motifs is 1. The van der Waals surface area contributed by atoms with Crippen molar-refractivity contribution < 1.29 is 23.5 Å². The first-order valence-corrected chi connectivity index (χ1v) is 11.3. The van der Waals surface area contributed by atoms with Gasteiger partial charge < -0.3 is 19.3 Å². The van der Waals surface area contributed by atoms with Crippen molar-refractivity contribution in [2.24, 2.45) is 5.92 Å². The molecule has 1 aromatic carbocycles. The number of rotatable bonds is 9. The van der Waals surface area contributed by atoms with Crippen molar-refractivity contribution in [2.45, 2.75) is 26.3 Å². The highest BCUT2D eigenvalue weighted by atomic mass is 32.1. The molecule has 1 aliphatic heterocycles. The SMILES string of the molecule is COCCN(CC(=O)N1CCc2sccc2C1COc1ccccc1F)C(=O)C(C)C. The first-order valence-electron chi connectivity index (χ1n) is 10.4. The highest BCUT2D eigenvalue weighted by Gasteiger charge is 2.33. The van der Waals surface area contributed by atoms with Crippen LogP contribution in [0.1, 0.15) is 30.3 Å². The fourth-order valence-electron chi connectivity index (χ4n) is 3.69. The van der Waals surface area contributed by atoms with Crippen LogP contribution in [-0.4, -0.2) is 61.6 Å². The van der Waals surface area contributed by atoms with E-state index in [0.29, 0.717) is 19.7 Å². The largest absolute Gasteiger partial charge is 0.488 e. The number of methoxy groups -OCH3 is 1. The van der Waals surface area contributed by atoms with Crippen LogP contribution in [0.15, 0.2) is 35.7 Å². The van der Waals surface area contributed by atoms with E-state index in [1.54, 1.807) is 46.4 Å². The van der Waals surface area contributed by atoms with Gasteiger partial charge in [0.2, 0.25) is 11.8 Å². The van der Waals surface area contributed by atoms with Crippen molar-refractivity contribution in [3.05, 3.63) is 52.0 Å². The average molecular weight is 449 g/mol. The van der Waals surface area contributed by atoms with Gasteiger partial charge in [0.05, 0.1) is 19.2 Å². The van der Waals surface area contributed by atoms with Crippen molar-refractivity contribution in [3.8, 4) is 5.75 Å². The minimum Gasteiger partial charge on any atom is -0.488 e. The summed E-state index contributed by atoms with van der Waals surface area (Å²) in [7, 11) is 1.57. The zero-order valence-corrected chi connectivity index (χ0v) is 19.0. The molecule has 1 aliphatic rings. The topological polar surface area (TPSA) is 59.1 Å². The molecule has 0 saturated heterocycles. The maximum absolute atomic E-state index is 14.0. The molecule has 2 amide bonds. The lowest BCUT2D eigenvalue weighted by molar-refractivity contribution is -0.144. The molecule has 0 saturated carbocycles. The standard InChI is InChI=1S/C23H29FN2O4S/c1-16(2)23(28)25(11-12-29-3)14-22(27)26-10-8-21-17(9-13-31-21)19(26)15-30-20-7-5-4-6-18(20)24/h4-7,9,13,16,19H,8,10-12,14-15H2,1-3H3. The molecule has 0 radical (unpaired) electrons. The van der Waals surface area contributed by atoms with Crippen LogP contribution < -0.4 is 4.74 Å². The highest BCUT2D eigenvalue weighted by Crippen LogP contribution is 2.34. The minimum absolute atomic E-state index is 0.0178. The molecule has 1 atom stereocenters. The second-order valence-electron chi connectivity index (χ2n) is 7.80. The molecule has 2 heterocycles. The number of thiophene rings is 1. The van der Waals surface area contributed by atoms with E-state index < -0.39 is 5.82 Å². The Morgan fingerprint density at radius 2 is 2.06 bits per heavy atom. The molecule has 2 aromatic rings. The summed E-state index contributed by atoms with van der Waals surface area (Å²) in [6.45, 7) is 5.01. The number of carbonyl (C=O) groups is 2. The fraction of sp³-hybridized carbons (Fsp3) is 0.478. The Hall–Kier alpha value is -2.45. The average Bonchev–Trinajstić information content (AvgIpc) is 3.24. The normalized spacial score (nSPS) is 15.6. The van der Waals surface area contributed by atoms with E-state index in [1.807, 2.05) is 25.3 Å². The summed E-state index contributed by atoms with van der Waals surface area (Å²) >= 11 is 1.65. The Labute approximate surface area is 186 Å². The number of ether oxygens (including phenoxy) is 2. The van der Waals surface area contributed by atoms with E-state index in [0.717, 1.165) is 12.0 Å². The Kier molecular flexibility index (Phi) is 8.03. The molecule has 0 spiro atoms.